The highest BCUT2D eigenvalue weighted by molar-refractivity contribution is 5.85. The normalized spacial score (nSPS) is 11.8. The molecule has 0 atom stereocenters. The second-order valence-corrected chi connectivity index (χ2v) is 4.74. The number of guanidine groups is 1. The van der Waals surface area contributed by atoms with Crippen molar-refractivity contribution >= 4 is 12.2 Å². The first-order valence-corrected chi connectivity index (χ1v) is 6.71. The molecule has 0 unspecified atom stereocenters. The summed E-state index contributed by atoms with van der Waals surface area (Å²) in [5.41, 5.74) is 12.9. The van der Waals surface area contributed by atoms with Crippen molar-refractivity contribution in [3.8, 4) is 0 Å². The summed E-state index contributed by atoms with van der Waals surface area (Å²) < 4.78 is 0. The molecule has 1 aromatic heterocycles. The highest BCUT2D eigenvalue weighted by Gasteiger charge is 1.98. The van der Waals surface area contributed by atoms with Crippen LogP contribution in [0.3, 0.4) is 0 Å². The molecule has 0 spiro atoms. The summed E-state index contributed by atoms with van der Waals surface area (Å²) in [6.45, 7) is 4.58. The molecule has 0 saturated heterocycles. The van der Waals surface area contributed by atoms with Crippen LogP contribution in [-0.4, -0.2) is 17.2 Å². The van der Waals surface area contributed by atoms with Crippen molar-refractivity contribution < 1.29 is 0 Å². The molecule has 0 saturated carbocycles. The number of rotatable bonds is 4. The fraction of sp³-hybridized carbons (Fsp3) is 0.188. The minimum atomic E-state index is 0.279. The summed E-state index contributed by atoms with van der Waals surface area (Å²) in [5, 5.41) is 4.13. The standard InChI is InChI=1S/C16H19N5/c1-12-5-3-6-13(2)15(12)11-20-21-16(17)19-10-14-7-4-8-18-9-14/h3-9,11H,10H2,1-2H3,(H3,17,19,21). The van der Waals surface area contributed by atoms with E-state index in [0.717, 1.165) is 11.1 Å². The maximum atomic E-state index is 5.77. The number of aliphatic imine (C=N–C) groups is 1. The largest absolute Gasteiger partial charge is 0.369 e. The third kappa shape index (κ3) is 4.42. The van der Waals surface area contributed by atoms with Gasteiger partial charge in [0.15, 0.2) is 0 Å². The number of hydrogen-bond donors (Lipinski definition) is 2. The Hall–Kier alpha value is -2.69. The van der Waals surface area contributed by atoms with Gasteiger partial charge < -0.3 is 5.73 Å². The quantitative estimate of drug-likeness (QED) is 0.512. The van der Waals surface area contributed by atoms with Crippen LogP contribution in [0.5, 0.6) is 0 Å². The molecule has 3 N–H and O–H groups in total. The van der Waals surface area contributed by atoms with Gasteiger partial charge in [0, 0.05) is 18.0 Å². The predicted octanol–water partition coefficient (Wildman–Crippen LogP) is 2.14. The molecule has 0 aliphatic carbocycles. The monoisotopic (exact) mass is 281 g/mol. The Kier molecular flexibility index (Phi) is 5.04. The maximum Gasteiger partial charge on any atom is 0.209 e. The van der Waals surface area contributed by atoms with Gasteiger partial charge in [-0.05, 0) is 36.6 Å². The topological polar surface area (TPSA) is 75.7 Å². The van der Waals surface area contributed by atoms with E-state index in [9.17, 15) is 0 Å². The van der Waals surface area contributed by atoms with Gasteiger partial charge in [0.1, 0.15) is 0 Å². The Morgan fingerprint density at radius 3 is 2.67 bits per heavy atom. The van der Waals surface area contributed by atoms with Crippen molar-refractivity contribution in [2.45, 2.75) is 20.4 Å². The molecule has 1 heterocycles. The van der Waals surface area contributed by atoms with Crippen molar-refractivity contribution in [1.29, 1.82) is 0 Å². The number of benzene rings is 1. The first-order valence-electron chi connectivity index (χ1n) is 6.71. The van der Waals surface area contributed by atoms with Crippen molar-refractivity contribution in [1.82, 2.24) is 10.4 Å². The first kappa shape index (κ1) is 14.7. The van der Waals surface area contributed by atoms with Gasteiger partial charge >= 0.3 is 0 Å². The Bertz CT molecular complexity index is 627. The maximum absolute atomic E-state index is 5.77. The van der Waals surface area contributed by atoms with Gasteiger partial charge in [0.05, 0.1) is 12.8 Å². The minimum Gasteiger partial charge on any atom is -0.369 e. The van der Waals surface area contributed by atoms with Crippen molar-refractivity contribution in [2.24, 2.45) is 15.8 Å². The van der Waals surface area contributed by atoms with Gasteiger partial charge in [0.25, 0.3) is 0 Å². The molecule has 0 fully saturated rings. The second-order valence-electron chi connectivity index (χ2n) is 4.74. The average Bonchev–Trinajstić information content (AvgIpc) is 2.49. The molecule has 108 valence electrons. The summed E-state index contributed by atoms with van der Waals surface area (Å²) in [7, 11) is 0. The number of hydrogen-bond acceptors (Lipinski definition) is 3. The lowest BCUT2D eigenvalue weighted by molar-refractivity contribution is 0.957. The van der Waals surface area contributed by atoms with Crippen LogP contribution < -0.4 is 11.2 Å². The zero-order chi connectivity index (χ0) is 15.1. The molecule has 5 nitrogen and oxygen atoms in total. The van der Waals surface area contributed by atoms with Gasteiger partial charge in [-0.25, -0.2) is 10.4 Å². The molecule has 0 amide bonds. The van der Waals surface area contributed by atoms with Crippen molar-refractivity contribution in [2.75, 3.05) is 0 Å². The fourth-order valence-corrected chi connectivity index (χ4v) is 1.90. The number of nitrogens with two attached hydrogens (primary N) is 1. The summed E-state index contributed by atoms with van der Waals surface area (Å²) in [6.07, 6.45) is 5.25. The molecule has 0 bridgehead atoms. The molecular weight excluding hydrogens is 262 g/mol. The van der Waals surface area contributed by atoms with Gasteiger partial charge in [0.2, 0.25) is 5.96 Å². The van der Waals surface area contributed by atoms with Crippen LogP contribution in [0.2, 0.25) is 0 Å². The van der Waals surface area contributed by atoms with Crippen molar-refractivity contribution in [3.63, 3.8) is 0 Å². The lowest BCUT2D eigenvalue weighted by Crippen LogP contribution is -2.27. The number of pyridine rings is 1. The molecule has 1 aromatic carbocycles. The predicted molar refractivity (Wildman–Crippen MR) is 86.2 cm³/mol. The van der Waals surface area contributed by atoms with Gasteiger partial charge in [-0.2, -0.15) is 5.10 Å². The highest BCUT2D eigenvalue weighted by Crippen LogP contribution is 2.10. The summed E-state index contributed by atoms with van der Waals surface area (Å²) in [4.78, 5) is 8.22. The fourth-order valence-electron chi connectivity index (χ4n) is 1.90. The highest BCUT2D eigenvalue weighted by atomic mass is 15.3. The van der Waals surface area contributed by atoms with Crippen LogP contribution in [-0.2, 0) is 6.54 Å². The first-order chi connectivity index (χ1) is 10.2. The molecule has 21 heavy (non-hydrogen) atoms. The third-order valence-corrected chi connectivity index (χ3v) is 3.07. The number of aryl methyl sites for hydroxylation is 2. The Morgan fingerprint density at radius 2 is 2.00 bits per heavy atom. The second kappa shape index (κ2) is 7.19. The zero-order valence-corrected chi connectivity index (χ0v) is 12.2. The summed E-state index contributed by atoms with van der Waals surface area (Å²) >= 11 is 0. The van der Waals surface area contributed by atoms with E-state index in [2.05, 4.69) is 20.5 Å². The van der Waals surface area contributed by atoms with E-state index in [0.29, 0.717) is 6.54 Å². The zero-order valence-electron chi connectivity index (χ0n) is 12.2. The van der Waals surface area contributed by atoms with Crippen LogP contribution in [0, 0.1) is 13.8 Å². The van der Waals surface area contributed by atoms with E-state index in [1.807, 2.05) is 44.2 Å². The molecule has 2 rings (SSSR count). The summed E-state index contributed by atoms with van der Waals surface area (Å²) in [5.74, 6) is 0.279. The molecule has 0 aliphatic rings. The molecule has 0 radical (unpaired) electrons. The van der Waals surface area contributed by atoms with Gasteiger partial charge in [-0.15, -0.1) is 0 Å². The van der Waals surface area contributed by atoms with E-state index in [-0.39, 0.29) is 5.96 Å². The minimum absolute atomic E-state index is 0.279. The molecule has 0 aliphatic heterocycles. The lowest BCUT2D eigenvalue weighted by atomic mass is 10.0. The Balaban J connectivity index is 1.94. The number of aromatic nitrogens is 1. The van der Waals surface area contributed by atoms with Crippen LogP contribution in [0.25, 0.3) is 0 Å². The Labute approximate surface area is 124 Å². The van der Waals surface area contributed by atoms with E-state index >= 15 is 0 Å². The number of nitrogens with one attached hydrogen (secondary N) is 1. The molecule has 5 heteroatoms. The third-order valence-electron chi connectivity index (χ3n) is 3.07. The van der Waals surface area contributed by atoms with Gasteiger partial charge in [-0.1, -0.05) is 24.3 Å². The number of hydrazone groups is 1. The Morgan fingerprint density at radius 1 is 1.24 bits per heavy atom. The van der Waals surface area contributed by atoms with E-state index in [4.69, 9.17) is 5.73 Å². The van der Waals surface area contributed by atoms with Crippen molar-refractivity contribution in [3.05, 3.63) is 65.0 Å². The molecule has 2 aromatic rings. The van der Waals surface area contributed by atoms with E-state index in [1.165, 1.54) is 11.1 Å². The van der Waals surface area contributed by atoms with Crippen LogP contribution in [0.4, 0.5) is 0 Å². The SMILES string of the molecule is Cc1cccc(C)c1C=NNC(N)=NCc1cccnc1. The smallest absolute Gasteiger partial charge is 0.209 e. The van der Waals surface area contributed by atoms with Crippen LogP contribution in [0.1, 0.15) is 22.3 Å². The van der Waals surface area contributed by atoms with Gasteiger partial charge in [-0.3, -0.25) is 4.98 Å². The average molecular weight is 281 g/mol. The van der Waals surface area contributed by atoms with E-state index in [1.54, 1.807) is 18.6 Å². The lowest BCUT2D eigenvalue weighted by Gasteiger charge is -2.04. The van der Waals surface area contributed by atoms with Crippen LogP contribution >= 0.6 is 0 Å². The number of nitrogens with zero attached hydrogens (tertiary/aromatic N) is 3. The van der Waals surface area contributed by atoms with Crippen LogP contribution in [0.15, 0.2) is 52.8 Å². The summed E-state index contributed by atoms with van der Waals surface area (Å²) in [6, 6.07) is 9.94. The molecular formula is C16H19N5. The van der Waals surface area contributed by atoms with E-state index < -0.39 is 0 Å².